The van der Waals surface area contributed by atoms with E-state index in [9.17, 15) is 43.2 Å². The van der Waals surface area contributed by atoms with Crippen molar-refractivity contribution < 1.29 is 95.3 Å². The highest BCUT2D eigenvalue weighted by atomic mass is 28.3. The summed E-state index contributed by atoms with van der Waals surface area (Å²) in [4.78, 5) is 120. The van der Waals surface area contributed by atoms with Crippen molar-refractivity contribution in [1.29, 1.82) is 0 Å². The van der Waals surface area contributed by atoms with Crippen LogP contribution >= 0.6 is 0 Å². The van der Waals surface area contributed by atoms with Crippen LogP contribution in [0, 0.1) is 0 Å². The van der Waals surface area contributed by atoms with Crippen molar-refractivity contribution in [1.82, 2.24) is 29.2 Å². The fourth-order valence-corrected chi connectivity index (χ4v) is 9.52. The second-order valence-corrected chi connectivity index (χ2v) is 25.6. The number of carbonyl (C=O) groups excluding carboxylic acids is 9. The number of benzene rings is 6. The first-order valence-corrected chi connectivity index (χ1v) is 31.7. The Morgan fingerprint density at radius 2 is 0.728 bits per heavy atom. The summed E-state index contributed by atoms with van der Waals surface area (Å²) in [6.07, 6.45) is -7.20. The van der Waals surface area contributed by atoms with Crippen molar-refractivity contribution in [2.75, 3.05) is 27.4 Å². The largest absolute Gasteiger partial charge is 0.463 e. The standard InChI is InChI=1S/C30H25N3O9.C28H24O9.C7H13N3O2Si/c1-38-30(37)25-31-18-33(32-25)26-24(42-29(36)21-15-9-4-10-16-21)23(41-28(35)20-13-7-3-8-14-20)22(40-26)17-39-27(34)19-11-5-2-6-12-19;1-18(29)34-28-24(37-27(32)21-15-9-4-10-16-21)23(36-26(31)20-13-7-3-8-14-20)22(35-28)17-33-25(30)19-11-5-2-6-12-19;1-12-7(11)6-8-5-10(9-6)13(2,3)4/h2-16,18,22-24,26H,17H2,1H3;2-16,22-24,28H,17H2,1H3;5H,1-4H3/t22-,23-,24?,26-;22-,23-,24?,28-;/m11./s1. The minimum atomic E-state index is -1.54. The van der Waals surface area contributed by atoms with Crippen LogP contribution < -0.4 is 0 Å². The molecule has 92 heavy (non-hydrogen) atoms. The lowest BCUT2D eigenvalue weighted by Gasteiger charge is -2.24. The van der Waals surface area contributed by atoms with E-state index in [0.717, 1.165) is 11.6 Å². The molecule has 0 amide bonds. The summed E-state index contributed by atoms with van der Waals surface area (Å²) in [7, 11) is 0.958. The Kier molecular flexibility index (Phi) is 23.2. The highest BCUT2D eigenvalue weighted by molar-refractivity contribution is 6.74. The van der Waals surface area contributed by atoms with Crippen LogP contribution in [-0.2, 0) is 56.9 Å². The summed E-state index contributed by atoms with van der Waals surface area (Å²) < 4.78 is 63.1. The van der Waals surface area contributed by atoms with Gasteiger partial charge >= 0.3 is 53.7 Å². The van der Waals surface area contributed by atoms with Crippen LogP contribution in [0.25, 0.3) is 0 Å². The Hall–Kier alpha value is -11.0. The van der Waals surface area contributed by atoms with E-state index in [1.165, 1.54) is 20.5 Å². The van der Waals surface area contributed by atoms with E-state index in [0.29, 0.717) is 11.1 Å². The van der Waals surface area contributed by atoms with Gasteiger partial charge in [0.05, 0.1) is 47.6 Å². The van der Waals surface area contributed by atoms with Crippen molar-refractivity contribution in [3.8, 4) is 0 Å². The minimum Gasteiger partial charge on any atom is -0.463 e. The SMILES string of the molecule is CC(=O)O[C@@H]1O[C@H](COC(=O)c2ccccc2)[C@@H](OC(=O)c2ccccc2)C1OC(=O)c1ccccc1.COC(=O)c1ncn([C@@H]2O[C@H](COC(=O)c3ccccc3)[C@@H](OC(=O)c3ccccc3)C2OC(=O)c2ccccc2)n1.COC(=O)c1ncn([Si](C)(C)C)n1. The molecule has 10 rings (SSSR count). The zero-order valence-corrected chi connectivity index (χ0v) is 51.4. The van der Waals surface area contributed by atoms with Crippen LogP contribution in [0.4, 0.5) is 0 Å². The normalized spacial score (nSPS) is 18.7. The topological polar surface area (TPSA) is 317 Å². The summed E-state index contributed by atoms with van der Waals surface area (Å²) in [5, 5.41) is 8.15. The Bertz CT molecular complexity index is 3800. The maximum absolute atomic E-state index is 13.2. The lowest BCUT2D eigenvalue weighted by Crippen LogP contribution is -2.42. The van der Waals surface area contributed by atoms with Gasteiger partial charge in [0, 0.05) is 6.92 Å². The number of methoxy groups -OCH3 is 2. The van der Waals surface area contributed by atoms with Gasteiger partial charge in [0.1, 0.15) is 38.1 Å². The molecule has 8 atom stereocenters. The van der Waals surface area contributed by atoms with Gasteiger partial charge in [0.15, 0.2) is 32.8 Å². The molecular weight excluding hydrogens is 1210 g/mol. The molecule has 2 aliphatic heterocycles. The van der Waals surface area contributed by atoms with Crippen molar-refractivity contribution >= 4 is 62.0 Å². The number of aromatic nitrogens is 6. The summed E-state index contributed by atoms with van der Waals surface area (Å²) in [5.41, 5.74) is 1.56. The number of nitrogens with zero attached hydrogens (tertiary/aromatic N) is 6. The fraction of sp³-hybridized carbons (Fsp3) is 0.246. The summed E-state index contributed by atoms with van der Waals surface area (Å²) >= 11 is 0. The van der Waals surface area contributed by atoms with Crippen LogP contribution in [0.5, 0.6) is 0 Å². The zero-order chi connectivity index (χ0) is 65.7. The van der Waals surface area contributed by atoms with Crippen LogP contribution in [0.15, 0.2) is 195 Å². The highest BCUT2D eigenvalue weighted by Gasteiger charge is 2.54. The van der Waals surface area contributed by atoms with Crippen LogP contribution in [0.2, 0.25) is 19.6 Å². The molecule has 0 saturated carbocycles. The van der Waals surface area contributed by atoms with Crippen molar-refractivity contribution in [2.24, 2.45) is 0 Å². The number of ether oxygens (including phenoxy) is 11. The van der Waals surface area contributed by atoms with E-state index in [4.69, 9.17) is 42.6 Å². The molecule has 8 aromatic rings. The van der Waals surface area contributed by atoms with Crippen molar-refractivity contribution in [2.45, 2.75) is 75.7 Å². The molecule has 27 heteroatoms. The quantitative estimate of drug-likeness (QED) is 0.0427. The van der Waals surface area contributed by atoms with E-state index in [-0.39, 0.29) is 47.1 Å². The van der Waals surface area contributed by atoms with E-state index in [1.807, 2.05) is 0 Å². The molecular formula is C65H62N6O20Si. The van der Waals surface area contributed by atoms with Crippen LogP contribution in [0.3, 0.4) is 0 Å². The van der Waals surface area contributed by atoms with E-state index < -0.39 is 111 Å². The Morgan fingerprint density at radius 1 is 0.402 bits per heavy atom. The number of rotatable bonds is 19. The first-order chi connectivity index (χ1) is 44.3. The first kappa shape index (κ1) is 66.9. The average Bonchev–Trinajstić information content (AvgIpc) is 1.69. The molecule has 2 aromatic heterocycles. The molecule has 0 spiro atoms. The second-order valence-electron chi connectivity index (χ2n) is 20.8. The van der Waals surface area contributed by atoms with Gasteiger partial charge in [-0.25, -0.2) is 53.0 Å². The Balaban J connectivity index is 0.000000199. The summed E-state index contributed by atoms with van der Waals surface area (Å²) in [5.74, 6) is -6.33. The van der Waals surface area contributed by atoms with Crippen LogP contribution in [0.1, 0.15) is 96.5 Å². The highest BCUT2D eigenvalue weighted by Crippen LogP contribution is 2.36. The van der Waals surface area contributed by atoms with Crippen LogP contribution in [-0.4, -0.2) is 162 Å². The molecule has 0 aliphatic carbocycles. The van der Waals surface area contributed by atoms with Gasteiger partial charge in [0.25, 0.3) is 11.6 Å². The molecule has 0 N–H and O–H groups in total. The van der Waals surface area contributed by atoms with Gasteiger partial charge in [-0.15, -0.1) is 5.10 Å². The van der Waals surface area contributed by atoms with E-state index in [2.05, 4.69) is 49.3 Å². The van der Waals surface area contributed by atoms with E-state index >= 15 is 0 Å². The lowest BCUT2D eigenvalue weighted by molar-refractivity contribution is -0.188. The number of hydrogen-bond acceptors (Lipinski definition) is 24. The van der Waals surface area contributed by atoms with Crippen molar-refractivity contribution in [3.05, 3.63) is 240 Å². The molecule has 6 aromatic carbocycles. The molecule has 0 bridgehead atoms. The van der Waals surface area contributed by atoms with Gasteiger partial charge in [-0.3, -0.25) is 9.14 Å². The number of esters is 9. The second kappa shape index (κ2) is 31.9. The Morgan fingerprint density at radius 3 is 1.09 bits per heavy atom. The Labute approximate surface area is 527 Å². The predicted molar refractivity (Wildman–Crippen MR) is 322 cm³/mol. The molecule has 2 fully saturated rings. The van der Waals surface area contributed by atoms with Gasteiger partial charge in [-0.2, -0.15) is 5.10 Å². The molecule has 0 radical (unpaired) electrons. The molecule has 2 unspecified atom stereocenters. The third-order valence-electron chi connectivity index (χ3n) is 13.3. The van der Waals surface area contributed by atoms with Gasteiger partial charge in [-0.05, 0) is 92.4 Å². The lowest BCUT2D eigenvalue weighted by atomic mass is 10.1. The van der Waals surface area contributed by atoms with Gasteiger partial charge in [0.2, 0.25) is 12.4 Å². The smallest absolute Gasteiger partial charge is 0.377 e. The molecule has 26 nitrogen and oxygen atoms in total. The first-order valence-electron chi connectivity index (χ1n) is 28.3. The number of hydrogen-bond donors (Lipinski definition) is 0. The minimum absolute atomic E-state index is 0.130. The third kappa shape index (κ3) is 18.1. The maximum atomic E-state index is 13.2. The fourth-order valence-electron chi connectivity index (χ4n) is 8.72. The predicted octanol–water partition coefficient (Wildman–Crippen LogP) is 7.60. The monoisotopic (exact) mass is 1270 g/mol. The van der Waals surface area contributed by atoms with Gasteiger partial charge in [-0.1, -0.05) is 109 Å². The third-order valence-corrected chi connectivity index (χ3v) is 14.9. The van der Waals surface area contributed by atoms with Gasteiger partial charge < -0.3 is 52.1 Å². The molecule has 2 aliphatic rings. The molecule has 4 heterocycles. The van der Waals surface area contributed by atoms with Crippen molar-refractivity contribution in [3.63, 3.8) is 0 Å². The molecule has 476 valence electrons. The van der Waals surface area contributed by atoms with E-state index in [1.54, 1.807) is 193 Å². The maximum Gasteiger partial charge on any atom is 0.377 e. The zero-order valence-electron chi connectivity index (χ0n) is 50.4. The summed E-state index contributed by atoms with van der Waals surface area (Å²) in [6, 6.07) is 49.3. The summed E-state index contributed by atoms with van der Waals surface area (Å²) in [6.45, 7) is 6.77. The average molecular weight is 1280 g/mol. The molecule has 2 saturated heterocycles. The number of carbonyl (C=O) groups is 9.